The van der Waals surface area contributed by atoms with Crippen molar-refractivity contribution in [1.29, 1.82) is 5.41 Å². The lowest BCUT2D eigenvalue weighted by atomic mass is 10.3. The minimum absolute atomic E-state index is 0.222. The predicted molar refractivity (Wildman–Crippen MR) is 138 cm³/mol. The number of carbonyl (C=O) groups excluding carboxylic acids is 4. The Morgan fingerprint density at radius 2 is 1.10 bits per heavy atom. The molecule has 6 amide bonds. The molecule has 0 saturated carbocycles. The summed E-state index contributed by atoms with van der Waals surface area (Å²) >= 11 is 0. The van der Waals surface area contributed by atoms with Gasteiger partial charge < -0.3 is 58.1 Å². The summed E-state index contributed by atoms with van der Waals surface area (Å²) in [5.41, 5.74) is 4.43. The molecule has 0 fully saturated rings. The Hall–Kier alpha value is -4.31. The zero-order valence-electron chi connectivity index (χ0n) is 20.4. The smallest absolute Gasteiger partial charge is 0.351 e. The van der Waals surface area contributed by atoms with Crippen LogP contribution in [0.4, 0.5) is 9.59 Å². The fourth-order valence-electron chi connectivity index (χ4n) is 2.12. The van der Waals surface area contributed by atoms with Gasteiger partial charge in [-0.1, -0.05) is 21.6 Å². The number of carboxylic acids is 4. The standard InChI is InChI=1S/C18H28N8O12S2/c19-7(15(33)34)1-23-17(37)25-9(13(31)21-3-11(27)28)5-39-40-6-10(14(32)22-4-12(29)30)26-18(38)24-2-8(20)16(35)36/h7,9-10,20H,1-6,19H2,(H,21,31)(H,22,32)(H,27,28)(H,29,30)(H,33,34)(H,35,36)(H2,23,25,37)(H2,24,26,38)/t7-,9-,10-/m0/s1. The zero-order chi connectivity index (χ0) is 30.8. The largest absolute Gasteiger partial charge is 0.480 e. The van der Waals surface area contributed by atoms with E-state index in [0.717, 1.165) is 21.6 Å². The highest BCUT2D eigenvalue weighted by molar-refractivity contribution is 8.76. The normalized spacial score (nSPS) is 12.4. The minimum Gasteiger partial charge on any atom is -0.480 e. The lowest BCUT2D eigenvalue weighted by molar-refractivity contribution is -0.138. The molecule has 0 aliphatic heterocycles. The van der Waals surface area contributed by atoms with Crippen molar-refractivity contribution in [2.45, 2.75) is 18.1 Å². The highest BCUT2D eigenvalue weighted by Crippen LogP contribution is 2.23. The summed E-state index contributed by atoms with van der Waals surface area (Å²) in [7, 11) is 1.76. The molecule has 0 aliphatic carbocycles. The van der Waals surface area contributed by atoms with Crippen molar-refractivity contribution in [2.24, 2.45) is 5.73 Å². The number of amides is 6. The molecule has 0 spiro atoms. The van der Waals surface area contributed by atoms with Gasteiger partial charge in [-0.15, -0.1) is 0 Å². The van der Waals surface area contributed by atoms with Crippen molar-refractivity contribution in [3.05, 3.63) is 0 Å². The molecule has 224 valence electrons. The maximum absolute atomic E-state index is 12.3. The Morgan fingerprint density at radius 1 is 0.675 bits per heavy atom. The van der Waals surface area contributed by atoms with Crippen molar-refractivity contribution >= 4 is 75.1 Å². The van der Waals surface area contributed by atoms with Crippen LogP contribution in [-0.2, 0) is 28.8 Å². The van der Waals surface area contributed by atoms with Crippen molar-refractivity contribution in [3.8, 4) is 0 Å². The molecule has 0 bridgehead atoms. The number of rotatable bonds is 19. The van der Waals surface area contributed by atoms with Crippen molar-refractivity contribution in [1.82, 2.24) is 31.9 Å². The molecule has 0 saturated heterocycles. The summed E-state index contributed by atoms with van der Waals surface area (Å²) in [6.45, 7) is -2.72. The van der Waals surface area contributed by atoms with Gasteiger partial charge in [0.2, 0.25) is 11.8 Å². The molecule has 40 heavy (non-hydrogen) atoms. The second-order valence-corrected chi connectivity index (χ2v) is 9.86. The predicted octanol–water partition coefficient (Wildman–Crippen LogP) is -4.38. The molecule has 0 heterocycles. The Kier molecular flexibility index (Phi) is 16.8. The molecule has 3 atom stereocenters. The van der Waals surface area contributed by atoms with Gasteiger partial charge in [-0.05, 0) is 0 Å². The maximum Gasteiger partial charge on any atom is 0.351 e. The highest BCUT2D eigenvalue weighted by atomic mass is 33.1. The summed E-state index contributed by atoms with van der Waals surface area (Å²) in [5, 5.41) is 54.8. The summed E-state index contributed by atoms with van der Waals surface area (Å²) in [6.07, 6.45) is 0. The van der Waals surface area contributed by atoms with E-state index in [2.05, 4.69) is 21.3 Å². The van der Waals surface area contributed by atoms with Crippen LogP contribution in [0.2, 0.25) is 0 Å². The van der Waals surface area contributed by atoms with Gasteiger partial charge in [0.1, 0.15) is 36.9 Å². The second-order valence-electron chi connectivity index (χ2n) is 7.31. The van der Waals surface area contributed by atoms with Gasteiger partial charge in [-0.25, -0.2) is 14.4 Å². The fraction of sp³-hybridized carbons (Fsp3) is 0.500. The topological polar surface area (TPSA) is 340 Å². The third-order valence-corrected chi connectivity index (χ3v) is 6.53. The van der Waals surface area contributed by atoms with Crippen LogP contribution in [0.5, 0.6) is 0 Å². The summed E-state index contributed by atoms with van der Waals surface area (Å²) in [5.74, 6) is -8.03. The number of aliphatic carboxylic acids is 4. The van der Waals surface area contributed by atoms with E-state index in [4.69, 9.17) is 31.6 Å². The highest BCUT2D eigenvalue weighted by Gasteiger charge is 2.25. The average molecular weight is 613 g/mol. The Bertz CT molecular complexity index is 998. The van der Waals surface area contributed by atoms with Gasteiger partial charge in [-0.2, -0.15) is 0 Å². The van der Waals surface area contributed by atoms with E-state index < -0.39 is 97.8 Å². The fourth-order valence-corrected chi connectivity index (χ4v) is 4.45. The molecular weight excluding hydrogens is 584 g/mol. The van der Waals surface area contributed by atoms with E-state index in [1.807, 2.05) is 10.6 Å². The van der Waals surface area contributed by atoms with E-state index >= 15 is 0 Å². The lowest BCUT2D eigenvalue weighted by Crippen LogP contribution is -2.54. The van der Waals surface area contributed by atoms with Crippen LogP contribution in [-0.4, -0.2) is 130 Å². The Morgan fingerprint density at radius 3 is 1.48 bits per heavy atom. The number of urea groups is 2. The third-order valence-electron chi connectivity index (χ3n) is 4.11. The second kappa shape index (κ2) is 18.9. The first-order valence-corrected chi connectivity index (χ1v) is 13.2. The zero-order valence-corrected chi connectivity index (χ0v) is 22.1. The first kappa shape index (κ1) is 35.7. The van der Waals surface area contributed by atoms with E-state index in [9.17, 15) is 38.4 Å². The van der Waals surface area contributed by atoms with Crippen LogP contribution in [0.25, 0.3) is 0 Å². The minimum atomic E-state index is -1.59. The van der Waals surface area contributed by atoms with E-state index in [0.29, 0.717) is 0 Å². The van der Waals surface area contributed by atoms with Crippen LogP contribution in [0.1, 0.15) is 0 Å². The van der Waals surface area contributed by atoms with E-state index in [1.54, 1.807) is 0 Å². The van der Waals surface area contributed by atoms with Gasteiger partial charge in [0, 0.05) is 18.1 Å². The number of nitrogens with one attached hydrogen (secondary N) is 7. The SMILES string of the molecule is N=C(CNC(=O)N[C@@H](CSSC[C@H](NC(=O)NC[C@H](N)C(=O)O)C(=O)NCC(=O)O)C(=O)NCC(=O)O)C(=O)O. The van der Waals surface area contributed by atoms with Gasteiger partial charge in [0.15, 0.2) is 0 Å². The molecule has 0 aromatic heterocycles. The molecule has 0 aromatic rings. The molecule has 20 nitrogen and oxygen atoms in total. The van der Waals surface area contributed by atoms with Gasteiger partial charge >= 0.3 is 35.9 Å². The Labute approximate surface area is 232 Å². The van der Waals surface area contributed by atoms with Gasteiger partial charge in [0.05, 0.1) is 6.54 Å². The number of nitrogens with two attached hydrogens (primary N) is 1. The van der Waals surface area contributed by atoms with Crippen LogP contribution >= 0.6 is 21.6 Å². The van der Waals surface area contributed by atoms with Crippen LogP contribution in [0, 0.1) is 5.41 Å². The monoisotopic (exact) mass is 612 g/mol. The number of hydrogen-bond donors (Lipinski definition) is 12. The molecule has 0 rings (SSSR count). The summed E-state index contributed by atoms with van der Waals surface area (Å²) in [6, 6.07) is -6.19. The molecule has 13 N–H and O–H groups in total. The first-order valence-electron chi connectivity index (χ1n) is 10.7. The molecule has 22 heteroatoms. The molecule has 0 aliphatic rings. The van der Waals surface area contributed by atoms with Gasteiger partial charge in [0.25, 0.3) is 0 Å². The van der Waals surface area contributed by atoms with Crippen molar-refractivity contribution < 1.29 is 58.8 Å². The molecule has 0 radical (unpaired) electrons. The molecule has 0 aromatic carbocycles. The van der Waals surface area contributed by atoms with Crippen LogP contribution in [0.3, 0.4) is 0 Å². The first-order chi connectivity index (χ1) is 18.6. The van der Waals surface area contributed by atoms with E-state index in [1.165, 1.54) is 0 Å². The van der Waals surface area contributed by atoms with Gasteiger partial charge in [-0.3, -0.25) is 29.4 Å². The molecule has 0 unspecified atom stereocenters. The number of carboxylic acid groups (broad SMARTS) is 4. The number of carbonyl (C=O) groups is 8. The lowest BCUT2D eigenvalue weighted by Gasteiger charge is -2.20. The van der Waals surface area contributed by atoms with Crippen LogP contribution in [0.15, 0.2) is 0 Å². The van der Waals surface area contributed by atoms with Crippen molar-refractivity contribution in [3.63, 3.8) is 0 Å². The Balaban J connectivity index is 5.19. The average Bonchev–Trinajstić information content (AvgIpc) is 2.87. The quantitative estimate of drug-likeness (QED) is 0.0372. The van der Waals surface area contributed by atoms with E-state index in [-0.39, 0.29) is 11.5 Å². The summed E-state index contributed by atoms with van der Waals surface area (Å²) in [4.78, 5) is 91.6. The molecular formula is C18H28N8O12S2. The van der Waals surface area contributed by atoms with Crippen LogP contribution < -0.4 is 37.6 Å². The van der Waals surface area contributed by atoms with Crippen molar-refractivity contribution in [2.75, 3.05) is 37.7 Å². The third kappa shape index (κ3) is 16.5. The maximum atomic E-state index is 12.3. The summed E-state index contributed by atoms with van der Waals surface area (Å²) < 4.78 is 0. The number of hydrogen-bond acceptors (Lipinski definition) is 12.